The Morgan fingerprint density at radius 1 is 1.07 bits per heavy atom. The van der Waals surface area contributed by atoms with Gasteiger partial charge in [-0.2, -0.15) is 0 Å². The third-order valence-corrected chi connectivity index (χ3v) is 5.19. The molecule has 2 heterocycles. The second-order valence-electron chi connectivity index (χ2n) is 7.25. The van der Waals surface area contributed by atoms with E-state index in [4.69, 9.17) is 4.98 Å². The molecule has 0 atom stereocenters. The fraction of sp³-hybridized carbons (Fsp3) is 0.304. The predicted octanol–water partition coefficient (Wildman–Crippen LogP) is 4.04. The van der Waals surface area contributed by atoms with Crippen LogP contribution in [0.15, 0.2) is 54.6 Å². The first-order valence-electron chi connectivity index (χ1n) is 9.68. The average molecular weight is 359 g/mol. The van der Waals surface area contributed by atoms with Crippen LogP contribution < -0.4 is 5.32 Å². The molecule has 0 aliphatic carbocycles. The molecule has 1 aromatic heterocycles. The number of amides is 1. The minimum absolute atomic E-state index is 0.0237. The highest BCUT2D eigenvalue weighted by molar-refractivity contribution is 6.07. The van der Waals surface area contributed by atoms with Gasteiger partial charge in [-0.15, -0.1) is 0 Å². The van der Waals surface area contributed by atoms with E-state index in [0.717, 1.165) is 47.4 Å². The molecule has 4 heteroatoms. The van der Waals surface area contributed by atoms with Gasteiger partial charge in [-0.3, -0.25) is 4.79 Å². The van der Waals surface area contributed by atoms with E-state index in [1.54, 1.807) is 0 Å². The third-order valence-electron chi connectivity index (χ3n) is 5.19. The molecule has 0 bridgehead atoms. The lowest BCUT2D eigenvalue weighted by Crippen LogP contribution is -2.33. The van der Waals surface area contributed by atoms with E-state index in [1.165, 1.54) is 12.8 Å². The van der Waals surface area contributed by atoms with Gasteiger partial charge < -0.3 is 10.2 Å². The molecule has 0 radical (unpaired) electrons. The molecule has 1 fully saturated rings. The summed E-state index contributed by atoms with van der Waals surface area (Å²) in [4.78, 5) is 20.2. The Bertz CT molecular complexity index is 946. The number of hydrogen-bond acceptors (Lipinski definition) is 3. The van der Waals surface area contributed by atoms with Crippen LogP contribution in [0.4, 0.5) is 0 Å². The van der Waals surface area contributed by atoms with E-state index >= 15 is 0 Å². The molecular formula is C23H25N3O. The molecule has 138 valence electrons. The maximum absolute atomic E-state index is 13.0. The number of aromatic nitrogens is 1. The van der Waals surface area contributed by atoms with Gasteiger partial charge in [0.2, 0.25) is 0 Å². The molecule has 0 unspecified atom stereocenters. The minimum atomic E-state index is -0.0237. The molecule has 0 spiro atoms. The fourth-order valence-electron chi connectivity index (χ4n) is 3.71. The second kappa shape index (κ2) is 7.89. The van der Waals surface area contributed by atoms with Crippen molar-refractivity contribution in [2.24, 2.45) is 0 Å². The van der Waals surface area contributed by atoms with Crippen molar-refractivity contribution in [3.05, 3.63) is 65.7 Å². The number of nitrogens with zero attached hydrogens (tertiary/aromatic N) is 2. The van der Waals surface area contributed by atoms with E-state index in [1.807, 2.05) is 61.5 Å². The fourth-order valence-corrected chi connectivity index (χ4v) is 3.71. The number of pyridine rings is 1. The number of carbonyl (C=O) groups excluding carboxylic acids is 1. The molecule has 3 aromatic rings. The number of nitrogens with one attached hydrogen (secondary N) is 1. The standard InChI is InChI=1S/C23H25N3O/c1-17-9-10-21-19(15-17)20(16-22(25-21)18-7-3-2-4-8-18)23(27)24-11-14-26-12-5-6-13-26/h2-4,7-10,15-16H,5-6,11-14H2,1H3,(H,24,27). The summed E-state index contributed by atoms with van der Waals surface area (Å²) in [5.74, 6) is -0.0237. The van der Waals surface area contributed by atoms with Crippen molar-refractivity contribution >= 4 is 16.8 Å². The Labute approximate surface area is 160 Å². The molecule has 4 nitrogen and oxygen atoms in total. The van der Waals surface area contributed by atoms with E-state index in [9.17, 15) is 4.79 Å². The zero-order chi connectivity index (χ0) is 18.6. The highest BCUT2D eigenvalue weighted by Crippen LogP contribution is 2.25. The predicted molar refractivity (Wildman–Crippen MR) is 110 cm³/mol. The molecule has 1 aliphatic rings. The largest absolute Gasteiger partial charge is 0.351 e. The number of aryl methyl sites for hydroxylation is 1. The van der Waals surface area contributed by atoms with Crippen molar-refractivity contribution in [3.63, 3.8) is 0 Å². The molecule has 27 heavy (non-hydrogen) atoms. The number of rotatable bonds is 5. The van der Waals surface area contributed by atoms with Gasteiger partial charge in [-0.05, 0) is 51.1 Å². The van der Waals surface area contributed by atoms with Gasteiger partial charge in [-0.1, -0.05) is 42.0 Å². The average Bonchev–Trinajstić information content (AvgIpc) is 3.21. The zero-order valence-corrected chi connectivity index (χ0v) is 15.7. The molecular weight excluding hydrogens is 334 g/mol. The van der Waals surface area contributed by atoms with E-state index in [2.05, 4.69) is 10.2 Å². The number of benzene rings is 2. The van der Waals surface area contributed by atoms with Crippen molar-refractivity contribution in [3.8, 4) is 11.3 Å². The molecule has 1 aliphatic heterocycles. The van der Waals surface area contributed by atoms with Crippen LogP contribution in [0.2, 0.25) is 0 Å². The molecule has 1 N–H and O–H groups in total. The molecule has 2 aromatic carbocycles. The Morgan fingerprint density at radius 2 is 1.85 bits per heavy atom. The number of carbonyl (C=O) groups is 1. The number of hydrogen-bond donors (Lipinski definition) is 1. The molecule has 0 saturated carbocycles. The summed E-state index contributed by atoms with van der Waals surface area (Å²) in [6.07, 6.45) is 2.53. The highest BCUT2D eigenvalue weighted by atomic mass is 16.1. The van der Waals surface area contributed by atoms with Crippen molar-refractivity contribution in [2.45, 2.75) is 19.8 Å². The normalized spacial score (nSPS) is 14.6. The van der Waals surface area contributed by atoms with Crippen molar-refractivity contribution in [1.82, 2.24) is 15.2 Å². The topological polar surface area (TPSA) is 45.2 Å². The highest BCUT2D eigenvalue weighted by Gasteiger charge is 2.15. The Kier molecular flexibility index (Phi) is 5.16. The molecule has 4 rings (SSSR count). The van der Waals surface area contributed by atoms with Gasteiger partial charge in [0.1, 0.15) is 0 Å². The summed E-state index contributed by atoms with van der Waals surface area (Å²) in [5.41, 5.74) is 4.53. The zero-order valence-electron chi connectivity index (χ0n) is 15.7. The Balaban J connectivity index is 1.64. The summed E-state index contributed by atoms with van der Waals surface area (Å²) in [6, 6.07) is 18.0. The van der Waals surface area contributed by atoms with Gasteiger partial charge in [0.15, 0.2) is 0 Å². The van der Waals surface area contributed by atoms with Crippen molar-refractivity contribution in [1.29, 1.82) is 0 Å². The Hall–Kier alpha value is -2.72. The third kappa shape index (κ3) is 4.01. The van der Waals surface area contributed by atoms with Crippen molar-refractivity contribution in [2.75, 3.05) is 26.2 Å². The number of fused-ring (bicyclic) bond motifs is 1. The second-order valence-corrected chi connectivity index (χ2v) is 7.25. The van der Waals surface area contributed by atoms with Gasteiger partial charge in [0, 0.05) is 24.0 Å². The smallest absolute Gasteiger partial charge is 0.252 e. The van der Waals surface area contributed by atoms with Crippen LogP contribution in [-0.4, -0.2) is 42.0 Å². The van der Waals surface area contributed by atoms with Gasteiger partial charge in [0.25, 0.3) is 5.91 Å². The van der Waals surface area contributed by atoms with Gasteiger partial charge in [0.05, 0.1) is 16.8 Å². The lowest BCUT2D eigenvalue weighted by atomic mass is 10.0. The summed E-state index contributed by atoms with van der Waals surface area (Å²) >= 11 is 0. The van der Waals surface area contributed by atoms with E-state index in [-0.39, 0.29) is 5.91 Å². The van der Waals surface area contributed by atoms with Crippen LogP contribution >= 0.6 is 0 Å². The van der Waals surface area contributed by atoms with Crippen molar-refractivity contribution < 1.29 is 4.79 Å². The van der Waals surface area contributed by atoms with E-state index < -0.39 is 0 Å². The van der Waals surface area contributed by atoms with Crippen LogP contribution in [0.25, 0.3) is 22.2 Å². The maximum atomic E-state index is 13.0. The summed E-state index contributed by atoms with van der Waals surface area (Å²) in [6.45, 7) is 5.92. The van der Waals surface area contributed by atoms with Crippen LogP contribution in [0, 0.1) is 6.92 Å². The Morgan fingerprint density at radius 3 is 2.63 bits per heavy atom. The SMILES string of the molecule is Cc1ccc2nc(-c3ccccc3)cc(C(=O)NCCN3CCCC3)c2c1. The lowest BCUT2D eigenvalue weighted by Gasteiger charge is -2.15. The number of likely N-dealkylation sites (tertiary alicyclic amines) is 1. The first kappa shape index (κ1) is 17.7. The van der Waals surface area contributed by atoms with Gasteiger partial charge in [-0.25, -0.2) is 4.98 Å². The first-order chi connectivity index (χ1) is 13.2. The lowest BCUT2D eigenvalue weighted by molar-refractivity contribution is 0.0951. The summed E-state index contributed by atoms with van der Waals surface area (Å²) in [7, 11) is 0. The monoisotopic (exact) mass is 359 g/mol. The maximum Gasteiger partial charge on any atom is 0.252 e. The van der Waals surface area contributed by atoms with Crippen LogP contribution in [0.3, 0.4) is 0 Å². The molecule has 1 amide bonds. The van der Waals surface area contributed by atoms with Crippen LogP contribution in [-0.2, 0) is 0 Å². The van der Waals surface area contributed by atoms with Crippen LogP contribution in [0.1, 0.15) is 28.8 Å². The molecule has 1 saturated heterocycles. The summed E-state index contributed by atoms with van der Waals surface area (Å²) in [5, 5.41) is 4.02. The summed E-state index contributed by atoms with van der Waals surface area (Å²) < 4.78 is 0. The first-order valence-corrected chi connectivity index (χ1v) is 9.68. The van der Waals surface area contributed by atoms with Crippen LogP contribution in [0.5, 0.6) is 0 Å². The minimum Gasteiger partial charge on any atom is -0.351 e. The van der Waals surface area contributed by atoms with Gasteiger partial charge >= 0.3 is 0 Å². The van der Waals surface area contributed by atoms with E-state index in [0.29, 0.717) is 12.1 Å². The quantitative estimate of drug-likeness (QED) is 0.748.